The highest BCUT2D eigenvalue weighted by Gasteiger charge is 2.26. The summed E-state index contributed by atoms with van der Waals surface area (Å²) < 4.78 is 41.5. The number of nitrogens with two attached hydrogens (primary N) is 1. The zero-order valence-electron chi connectivity index (χ0n) is 13.8. The molecular formula is C16H15Cl2F3N4O2. The lowest BCUT2D eigenvalue weighted by Crippen LogP contribution is -2.34. The summed E-state index contributed by atoms with van der Waals surface area (Å²) in [7, 11) is 0. The van der Waals surface area contributed by atoms with Gasteiger partial charge in [-0.3, -0.25) is 4.79 Å². The minimum atomic E-state index is -4.34. The molecule has 0 bridgehead atoms. The van der Waals surface area contributed by atoms with E-state index in [1.54, 1.807) is 0 Å². The number of nitrogens with one attached hydrogen (secondary N) is 1. The van der Waals surface area contributed by atoms with Crippen molar-refractivity contribution in [1.29, 1.82) is 0 Å². The van der Waals surface area contributed by atoms with Crippen LogP contribution in [-0.2, 0) is 22.6 Å². The summed E-state index contributed by atoms with van der Waals surface area (Å²) in [6.07, 6.45) is -2.88. The molecule has 1 atom stereocenters. The Morgan fingerprint density at radius 1 is 1.22 bits per heavy atom. The first-order valence-corrected chi connectivity index (χ1v) is 8.38. The van der Waals surface area contributed by atoms with Crippen molar-refractivity contribution in [3.8, 4) is 0 Å². The van der Waals surface area contributed by atoms with Gasteiger partial charge in [0.25, 0.3) is 0 Å². The third-order valence-corrected chi connectivity index (χ3v) is 3.64. The van der Waals surface area contributed by atoms with E-state index >= 15 is 0 Å². The molecule has 146 valence electrons. The van der Waals surface area contributed by atoms with Crippen molar-refractivity contribution in [2.45, 2.75) is 25.2 Å². The second-order valence-electron chi connectivity index (χ2n) is 5.56. The van der Waals surface area contributed by atoms with Crippen molar-refractivity contribution in [2.24, 2.45) is 5.73 Å². The first-order valence-electron chi connectivity index (χ1n) is 7.62. The molecule has 2 aromatic rings. The van der Waals surface area contributed by atoms with Gasteiger partial charge in [-0.1, -0.05) is 29.3 Å². The Morgan fingerprint density at radius 3 is 2.44 bits per heavy atom. The number of hydrogen-bond donors (Lipinski definition) is 2. The van der Waals surface area contributed by atoms with Crippen LogP contribution in [0.5, 0.6) is 0 Å². The van der Waals surface area contributed by atoms with Crippen LogP contribution in [0.3, 0.4) is 0 Å². The van der Waals surface area contributed by atoms with Gasteiger partial charge in [-0.15, -0.1) is 0 Å². The van der Waals surface area contributed by atoms with E-state index in [0.717, 1.165) is 0 Å². The Balaban J connectivity index is 1.84. The quantitative estimate of drug-likeness (QED) is 0.525. The lowest BCUT2D eigenvalue weighted by Gasteiger charge is -2.13. The fourth-order valence-electron chi connectivity index (χ4n) is 2.04. The number of carbonyl (C=O) groups is 1. The molecule has 0 saturated heterocycles. The summed E-state index contributed by atoms with van der Waals surface area (Å²) in [6, 6.07) is 4.95. The summed E-state index contributed by atoms with van der Waals surface area (Å²) in [4.78, 5) is 19.6. The number of ether oxygens (including phenoxy) is 1. The third-order valence-electron chi connectivity index (χ3n) is 3.26. The van der Waals surface area contributed by atoms with E-state index in [9.17, 15) is 18.0 Å². The maximum Gasteiger partial charge on any atom is 0.405 e. The van der Waals surface area contributed by atoms with Crippen LogP contribution >= 0.6 is 23.2 Å². The topological polar surface area (TPSA) is 90.1 Å². The number of nitrogens with zero attached hydrogens (tertiary/aromatic N) is 2. The van der Waals surface area contributed by atoms with Gasteiger partial charge in [-0.2, -0.15) is 13.2 Å². The van der Waals surface area contributed by atoms with Crippen molar-refractivity contribution in [3.05, 3.63) is 51.9 Å². The molecule has 0 aromatic carbocycles. The van der Waals surface area contributed by atoms with Crippen LogP contribution in [0.4, 0.5) is 19.0 Å². The van der Waals surface area contributed by atoms with Crippen molar-refractivity contribution < 1.29 is 22.7 Å². The van der Waals surface area contributed by atoms with Crippen molar-refractivity contribution in [3.63, 3.8) is 0 Å². The number of halogens is 5. The highest BCUT2D eigenvalue weighted by atomic mass is 35.5. The molecule has 0 amide bonds. The average molecular weight is 423 g/mol. The highest BCUT2D eigenvalue weighted by Crippen LogP contribution is 2.17. The SMILES string of the molecule is N[C@@H](Cc1ccc(NCC(F)(F)F)nc1)C(=O)OCc1cc(Cl)nc(Cl)c1. The molecule has 0 unspecified atom stereocenters. The van der Waals surface area contributed by atoms with Gasteiger partial charge < -0.3 is 15.8 Å². The van der Waals surface area contributed by atoms with Gasteiger partial charge in [0.15, 0.2) is 0 Å². The zero-order valence-corrected chi connectivity index (χ0v) is 15.3. The van der Waals surface area contributed by atoms with Gasteiger partial charge in [-0.05, 0) is 35.7 Å². The first-order chi connectivity index (χ1) is 12.6. The number of anilines is 1. The summed E-state index contributed by atoms with van der Waals surface area (Å²) >= 11 is 11.5. The standard InChI is InChI=1S/C16H15Cl2F3N4O2/c17-12-4-10(5-13(18)25-12)7-27-15(26)11(22)3-9-1-2-14(23-6-9)24-8-16(19,20)21/h1-2,4-6,11H,3,7-8,22H2,(H,23,24)/t11-/m0/s1. The number of rotatable bonds is 7. The molecule has 27 heavy (non-hydrogen) atoms. The van der Waals surface area contributed by atoms with Gasteiger partial charge in [0.1, 0.15) is 35.3 Å². The van der Waals surface area contributed by atoms with Gasteiger partial charge in [0.2, 0.25) is 0 Å². The monoisotopic (exact) mass is 422 g/mol. The fraction of sp³-hybridized carbons (Fsp3) is 0.312. The van der Waals surface area contributed by atoms with E-state index in [4.69, 9.17) is 33.7 Å². The molecule has 2 heterocycles. The molecule has 11 heteroatoms. The summed E-state index contributed by atoms with van der Waals surface area (Å²) in [5.41, 5.74) is 6.93. The van der Waals surface area contributed by atoms with E-state index in [0.29, 0.717) is 11.1 Å². The lowest BCUT2D eigenvalue weighted by molar-refractivity contribution is -0.146. The number of pyridine rings is 2. The van der Waals surface area contributed by atoms with Crippen LogP contribution < -0.4 is 11.1 Å². The van der Waals surface area contributed by atoms with E-state index in [1.807, 2.05) is 0 Å². The molecule has 0 aliphatic rings. The molecule has 0 fully saturated rings. The lowest BCUT2D eigenvalue weighted by atomic mass is 10.1. The van der Waals surface area contributed by atoms with E-state index in [-0.39, 0.29) is 29.2 Å². The molecule has 0 spiro atoms. The predicted molar refractivity (Wildman–Crippen MR) is 94.5 cm³/mol. The van der Waals surface area contributed by atoms with Crippen molar-refractivity contribution in [2.75, 3.05) is 11.9 Å². The molecule has 0 radical (unpaired) electrons. The second-order valence-corrected chi connectivity index (χ2v) is 6.33. The second kappa shape index (κ2) is 9.20. The Kier molecular flexibility index (Phi) is 7.23. The van der Waals surface area contributed by atoms with Gasteiger partial charge >= 0.3 is 12.1 Å². The number of aromatic nitrogens is 2. The first kappa shape index (κ1) is 21.2. The molecule has 0 saturated carbocycles. The average Bonchev–Trinajstić information content (AvgIpc) is 2.57. The van der Waals surface area contributed by atoms with Gasteiger partial charge in [-0.25, -0.2) is 9.97 Å². The molecule has 0 aliphatic carbocycles. The van der Waals surface area contributed by atoms with Crippen LogP contribution in [0.1, 0.15) is 11.1 Å². The van der Waals surface area contributed by atoms with Gasteiger partial charge in [0, 0.05) is 6.20 Å². The zero-order chi connectivity index (χ0) is 20.0. The Bertz CT molecular complexity index is 768. The number of carbonyl (C=O) groups excluding carboxylic acids is 1. The minimum absolute atomic E-state index is 0.0682. The molecule has 0 aliphatic heterocycles. The normalized spacial score (nSPS) is 12.5. The number of esters is 1. The Labute approximate surface area is 162 Å². The van der Waals surface area contributed by atoms with E-state index in [1.165, 1.54) is 30.5 Å². The maximum atomic E-state index is 12.1. The van der Waals surface area contributed by atoms with Crippen LogP contribution in [0, 0.1) is 0 Å². The van der Waals surface area contributed by atoms with Crippen LogP contribution in [-0.4, -0.2) is 34.7 Å². The summed E-state index contributed by atoms with van der Waals surface area (Å²) in [6.45, 7) is -1.26. The highest BCUT2D eigenvalue weighted by molar-refractivity contribution is 6.32. The molecular weight excluding hydrogens is 408 g/mol. The fourth-order valence-corrected chi connectivity index (χ4v) is 2.54. The summed E-state index contributed by atoms with van der Waals surface area (Å²) in [5.74, 6) is -0.586. The largest absolute Gasteiger partial charge is 0.460 e. The van der Waals surface area contributed by atoms with Crippen molar-refractivity contribution in [1.82, 2.24) is 9.97 Å². The predicted octanol–water partition coefficient (Wildman–Crippen LogP) is 3.37. The van der Waals surface area contributed by atoms with Crippen molar-refractivity contribution >= 4 is 35.0 Å². The van der Waals surface area contributed by atoms with Crippen LogP contribution in [0.2, 0.25) is 10.3 Å². The molecule has 2 rings (SSSR count). The van der Waals surface area contributed by atoms with E-state index in [2.05, 4.69) is 15.3 Å². The van der Waals surface area contributed by atoms with Crippen LogP contribution in [0.25, 0.3) is 0 Å². The maximum absolute atomic E-state index is 12.1. The third kappa shape index (κ3) is 7.58. The number of hydrogen-bond acceptors (Lipinski definition) is 6. The molecule has 3 N–H and O–H groups in total. The molecule has 2 aromatic heterocycles. The Morgan fingerprint density at radius 2 is 1.89 bits per heavy atom. The van der Waals surface area contributed by atoms with E-state index < -0.39 is 24.7 Å². The molecule has 6 nitrogen and oxygen atoms in total. The van der Waals surface area contributed by atoms with Crippen LogP contribution in [0.15, 0.2) is 30.5 Å². The smallest absolute Gasteiger partial charge is 0.405 e. The minimum Gasteiger partial charge on any atom is -0.460 e. The Hall–Kier alpha value is -2.10. The van der Waals surface area contributed by atoms with Gasteiger partial charge in [0.05, 0.1) is 0 Å². The number of alkyl halides is 3. The summed E-state index contributed by atoms with van der Waals surface area (Å²) in [5, 5.41) is 2.49.